The molecule has 1 aromatic rings. The molecule has 0 aromatic heterocycles. The van der Waals surface area contributed by atoms with Crippen molar-refractivity contribution < 1.29 is 0 Å². The number of anilines is 1. The summed E-state index contributed by atoms with van der Waals surface area (Å²) in [6, 6.07) is 7.08. The maximum Gasteiger partial charge on any atom is 0.0425 e. The van der Waals surface area contributed by atoms with E-state index in [2.05, 4.69) is 65.1 Å². The smallest absolute Gasteiger partial charge is 0.0425 e. The van der Waals surface area contributed by atoms with Crippen LogP contribution in [0.1, 0.15) is 45.2 Å². The van der Waals surface area contributed by atoms with E-state index in [1.54, 1.807) is 0 Å². The van der Waals surface area contributed by atoms with E-state index in [1.165, 1.54) is 35.1 Å². The first kappa shape index (κ1) is 14.9. The molecular weight excluding hydrogens is 300 g/mol. The number of halogens is 1. The van der Waals surface area contributed by atoms with E-state index in [-0.39, 0.29) is 0 Å². The Morgan fingerprint density at radius 3 is 2.68 bits per heavy atom. The maximum atomic E-state index is 3.62. The topological polar surface area (TPSA) is 15.3 Å². The molecule has 1 unspecified atom stereocenters. The van der Waals surface area contributed by atoms with Crippen LogP contribution >= 0.6 is 15.9 Å². The Labute approximate surface area is 125 Å². The van der Waals surface area contributed by atoms with Crippen molar-refractivity contribution >= 4 is 21.6 Å². The molecule has 0 spiro atoms. The summed E-state index contributed by atoms with van der Waals surface area (Å²) in [5.41, 5.74) is 2.80. The highest BCUT2D eigenvalue weighted by Gasteiger charge is 2.25. The van der Waals surface area contributed by atoms with Crippen LogP contribution in [0.4, 0.5) is 5.69 Å². The van der Waals surface area contributed by atoms with Crippen LogP contribution < -0.4 is 10.2 Å². The molecule has 0 radical (unpaired) electrons. The van der Waals surface area contributed by atoms with E-state index in [0.717, 1.165) is 19.0 Å². The molecule has 1 saturated carbocycles. The van der Waals surface area contributed by atoms with Gasteiger partial charge in [-0.1, -0.05) is 28.9 Å². The molecule has 1 N–H and O–H groups in total. The molecule has 1 aliphatic rings. The van der Waals surface area contributed by atoms with Gasteiger partial charge < -0.3 is 10.2 Å². The number of rotatable bonds is 7. The summed E-state index contributed by atoms with van der Waals surface area (Å²) in [6.07, 6.45) is 2.81. The molecule has 1 atom stereocenters. The quantitative estimate of drug-likeness (QED) is 0.801. The summed E-state index contributed by atoms with van der Waals surface area (Å²) in [6.45, 7) is 9.96. The average molecular weight is 325 g/mol. The minimum atomic E-state index is 0.404. The van der Waals surface area contributed by atoms with Crippen LogP contribution in [0.5, 0.6) is 0 Å². The molecule has 1 aromatic carbocycles. The second-order valence-corrected chi connectivity index (χ2v) is 6.38. The van der Waals surface area contributed by atoms with Gasteiger partial charge in [-0.25, -0.2) is 0 Å². The molecule has 106 valence electrons. The Bertz CT molecular complexity index is 415. The summed E-state index contributed by atoms with van der Waals surface area (Å²) in [5, 5.41) is 3.53. The molecule has 2 rings (SSSR count). The van der Waals surface area contributed by atoms with Crippen molar-refractivity contribution in [2.45, 2.75) is 39.7 Å². The highest BCUT2D eigenvalue weighted by atomic mass is 79.9. The van der Waals surface area contributed by atoms with Gasteiger partial charge in [0.05, 0.1) is 0 Å². The largest absolute Gasteiger partial charge is 0.371 e. The van der Waals surface area contributed by atoms with E-state index in [0.29, 0.717) is 6.04 Å². The van der Waals surface area contributed by atoms with E-state index in [1.807, 2.05) is 0 Å². The van der Waals surface area contributed by atoms with Gasteiger partial charge in [-0.15, -0.1) is 0 Å². The van der Waals surface area contributed by atoms with Gasteiger partial charge >= 0.3 is 0 Å². The summed E-state index contributed by atoms with van der Waals surface area (Å²) in [5.74, 6) is 0.918. The monoisotopic (exact) mass is 324 g/mol. The predicted molar refractivity (Wildman–Crippen MR) is 86.8 cm³/mol. The van der Waals surface area contributed by atoms with Crippen molar-refractivity contribution in [1.29, 1.82) is 0 Å². The summed E-state index contributed by atoms with van der Waals surface area (Å²) < 4.78 is 1.17. The zero-order valence-corrected chi connectivity index (χ0v) is 13.8. The number of nitrogens with one attached hydrogen (secondary N) is 1. The molecule has 19 heavy (non-hydrogen) atoms. The molecule has 0 aliphatic heterocycles. The molecular formula is C16H25BrN2. The number of benzene rings is 1. The van der Waals surface area contributed by atoms with Crippen LogP contribution in [0.25, 0.3) is 0 Å². The Kier molecular flexibility index (Phi) is 5.28. The number of hydrogen-bond donors (Lipinski definition) is 1. The van der Waals surface area contributed by atoms with Gasteiger partial charge in [0.2, 0.25) is 0 Å². The molecule has 0 amide bonds. The first-order valence-electron chi connectivity index (χ1n) is 7.43. The van der Waals surface area contributed by atoms with Crippen LogP contribution in [0.3, 0.4) is 0 Å². The third-order valence-electron chi connectivity index (χ3n) is 3.87. The van der Waals surface area contributed by atoms with Crippen LogP contribution in [0.2, 0.25) is 0 Å². The lowest BCUT2D eigenvalue weighted by Crippen LogP contribution is -2.28. The van der Waals surface area contributed by atoms with Crippen molar-refractivity contribution in [3.63, 3.8) is 0 Å². The molecule has 1 fully saturated rings. The SMILES string of the molecule is CCNC(C)c1ccc(Br)cc1N(CC)CC1CC1. The van der Waals surface area contributed by atoms with Gasteiger partial charge in [-0.2, -0.15) is 0 Å². The van der Waals surface area contributed by atoms with Gasteiger partial charge in [0.25, 0.3) is 0 Å². The van der Waals surface area contributed by atoms with Crippen molar-refractivity contribution in [2.75, 3.05) is 24.5 Å². The van der Waals surface area contributed by atoms with E-state index >= 15 is 0 Å². The van der Waals surface area contributed by atoms with Crippen molar-refractivity contribution in [1.82, 2.24) is 5.32 Å². The van der Waals surface area contributed by atoms with Gasteiger partial charge in [0, 0.05) is 29.3 Å². The second kappa shape index (κ2) is 6.76. The minimum absolute atomic E-state index is 0.404. The molecule has 1 aliphatic carbocycles. The van der Waals surface area contributed by atoms with Crippen LogP contribution in [-0.4, -0.2) is 19.6 Å². The fourth-order valence-electron chi connectivity index (χ4n) is 2.58. The van der Waals surface area contributed by atoms with Crippen LogP contribution in [0, 0.1) is 5.92 Å². The third kappa shape index (κ3) is 3.96. The summed E-state index contributed by atoms with van der Waals surface area (Å²) >= 11 is 3.62. The highest BCUT2D eigenvalue weighted by molar-refractivity contribution is 9.10. The van der Waals surface area contributed by atoms with Crippen LogP contribution in [-0.2, 0) is 0 Å². The van der Waals surface area contributed by atoms with Crippen LogP contribution in [0.15, 0.2) is 22.7 Å². The molecule has 3 heteroatoms. The standard InChI is InChI=1S/C16H25BrN2/c1-4-18-12(3)15-9-8-14(17)10-16(15)19(5-2)11-13-6-7-13/h8-10,12-13,18H,4-7,11H2,1-3H3. The lowest BCUT2D eigenvalue weighted by atomic mass is 10.0. The van der Waals surface area contributed by atoms with Gasteiger partial charge in [-0.05, 0) is 56.8 Å². The first-order valence-corrected chi connectivity index (χ1v) is 8.22. The van der Waals surface area contributed by atoms with Crippen molar-refractivity contribution in [3.05, 3.63) is 28.2 Å². The average Bonchev–Trinajstić information content (AvgIpc) is 3.20. The third-order valence-corrected chi connectivity index (χ3v) is 4.36. The Morgan fingerprint density at radius 1 is 1.37 bits per heavy atom. The summed E-state index contributed by atoms with van der Waals surface area (Å²) in [4.78, 5) is 2.53. The fraction of sp³-hybridized carbons (Fsp3) is 0.625. The van der Waals surface area contributed by atoms with E-state index in [9.17, 15) is 0 Å². The maximum absolute atomic E-state index is 3.62. The fourth-order valence-corrected chi connectivity index (χ4v) is 2.93. The zero-order chi connectivity index (χ0) is 13.8. The molecule has 0 heterocycles. The van der Waals surface area contributed by atoms with Crippen molar-refractivity contribution in [3.8, 4) is 0 Å². The molecule has 2 nitrogen and oxygen atoms in total. The highest BCUT2D eigenvalue weighted by Crippen LogP contribution is 2.35. The lowest BCUT2D eigenvalue weighted by Gasteiger charge is -2.28. The minimum Gasteiger partial charge on any atom is -0.371 e. The second-order valence-electron chi connectivity index (χ2n) is 5.46. The normalized spacial score (nSPS) is 16.4. The summed E-state index contributed by atoms with van der Waals surface area (Å²) in [7, 11) is 0. The Morgan fingerprint density at radius 2 is 2.11 bits per heavy atom. The molecule has 0 saturated heterocycles. The van der Waals surface area contributed by atoms with Crippen molar-refractivity contribution in [2.24, 2.45) is 5.92 Å². The Balaban J connectivity index is 2.25. The predicted octanol–water partition coefficient (Wildman–Crippen LogP) is 4.36. The van der Waals surface area contributed by atoms with Gasteiger partial charge in [0.15, 0.2) is 0 Å². The van der Waals surface area contributed by atoms with E-state index < -0.39 is 0 Å². The first-order chi connectivity index (χ1) is 9.15. The zero-order valence-electron chi connectivity index (χ0n) is 12.2. The van der Waals surface area contributed by atoms with E-state index in [4.69, 9.17) is 0 Å². The van der Waals surface area contributed by atoms with Gasteiger partial charge in [0.1, 0.15) is 0 Å². The number of nitrogens with zero attached hydrogens (tertiary/aromatic N) is 1. The number of hydrogen-bond acceptors (Lipinski definition) is 2. The van der Waals surface area contributed by atoms with Gasteiger partial charge in [-0.3, -0.25) is 0 Å². The lowest BCUT2D eigenvalue weighted by molar-refractivity contribution is 0.594. The molecule has 0 bridgehead atoms. The Hall–Kier alpha value is -0.540.